The highest BCUT2D eigenvalue weighted by Gasteiger charge is 2.15. The summed E-state index contributed by atoms with van der Waals surface area (Å²) in [5, 5.41) is 11.3. The van der Waals surface area contributed by atoms with Crippen molar-refractivity contribution in [3.05, 3.63) is 6.33 Å². The molecule has 2 rings (SSSR count). The molecule has 1 aliphatic rings. The number of amides is 1. The lowest BCUT2D eigenvalue weighted by Gasteiger charge is -2.22. The van der Waals surface area contributed by atoms with Gasteiger partial charge in [-0.1, -0.05) is 11.8 Å². The molecule has 0 aromatic carbocycles. The Kier molecular flexibility index (Phi) is 5.00. The Morgan fingerprint density at radius 3 is 3.22 bits per heavy atom. The van der Waals surface area contributed by atoms with Gasteiger partial charge >= 0.3 is 0 Å². The molecule has 18 heavy (non-hydrogen) atoms. The molecule has 1 fully saturated rings. The van der Waals surface area contributed by atoms with Gasteiger partial charge in [0.05, 0.1) is 11.9 Å². The van der Waals surface area contributed by atoms with E-state index in [0.29, 0.717) is 12.3 Å². The molecule has 0 saturated carbocycles. The highest BCUT2D eigenvalue weighted by Crippen LogP contribution is 2.13. The fraction of sp³-hybridized carbons (Fsp3) is 0.727. The maximum Gasteiger partial charge on any atom is 0.230 e. The van der Waals surface area contributed by atoms with E-state index in [1.165, 1.54) is 18.2 Å². The smallest absolute Gasteiger partial charge is 0.230 e. The molecule has 2 heterocycles. The van der Waals surface area contributed by atoms with Crippen LogP contribution >= 0.6 is 11.8 Å². The molecule has 1 aliphatic heterocycles. The number of nitrogens with one attached hydrogen (secondary N) is 1. The molecule has 0 bridgehead atoms. The largest absolute Gasteiger partial charge is 0.376 e. The van der Waals surface area contributed by atoms with Gasteiger partial charge in [-0.05, 0) is 19.3 Å². The monoisotopic (exact) mass is 270 g/mol. The highest BCUT2D eigenvalue weighted by molar-refractivity contribution is 7.99. The van der Waals surface area contributed by atoms with Gasteiger partial charge in [-0.15, -0.1) is 10.2 Å². The second-order valence-electron chi connectivity index (χ2n) is 4.31. The Labute approximate surface area is 110 Å². The number of ether oxygens (including phenoxy) is 1. The van der Waals surface area contributed by atoms with Crippen molar-refractivity contribution in [1.82, 2.24) is 20.1 Å². The highest BCUT2D eigenvalue weighted by atomic mass is 32.2. The summed E-state index contributed by atoms with van der Waals surface area (Å²) in [5.74, 6) is 0.372. The number of carbonyl (C=O) groups excluding carboxylic acids is 1. The van der Waals surface area contributed by atoms with E-state index in [2.05, 4.69) is 15.5 Å². The van der Waals surface area contributed by atoms with Crippen molar-refractivity contribution in [3.63, 3.8) is 0 Å². The Hall–Kier alpha value is -1.08. The summed E-state index contributed by atoms with van der Waals surface area (Å²) in [4.78, 5) is 11.6. The van der Waals surface area contributed by atoms with Crippen LogP contribution < -0.4 is 5.32 Å². The SMILES string of the molecule is Cn1cnnc1SCC(=O)NC[C@@H]1CCCCO1. The van der Waals surface area contributed by atoms with Crippen LogP contribution in [0.1, 0.15) is 19.3 Å². The summed E-state index contributed by atoms with van der Waals surface area (Å²) in [6.07, 6.45) is 5.16. The first-order chi connectivity index (χ1) is 8.75. The van der Waals surface area contributed by atoms with Crippen LogP contribution in [0.25, 0.3) is 0 Å². The predicted octanol–water partition coefficient (Wildman–Crippen LogP) is 0.592. The van der Waals surface area contributed by atoms with Crippen molar-refractivity contribution >= 4 is 17.7 Å². The fourth-order valence-corrected chi connectivity index (χ4v) is 2.50. The third kappa shape index (κ3) is 3.99. The Morgan fingerprint density at radius 1 is 1.67 bits per heavy atom. The minimum Gasteiger partial charge on any atom is -0.376 e. The summed E-state index contributed by atoms with van der Waals surface area (Å²) in [5.41, 5.74) is 0. The summed E-state index contributed by atoms with van der Waals surface area (Å²) in [7, 11) is 1.86. The molecule has 0 aliphatic carbocycles. The zero-order valence-electron chi connectivity index (χ0n) is 10.5. The van der Waals surface area contributed by atoms with E-state index in [4.69, 9.17) is 4.74 Å². The molecule has 1 aromatic heterocycles. The van der Waals surface area contributed by atoms with Crippen molar-refractivity contribution in [2.75, 3.05) is 18.9 Å². The molecule has 0 radical (unpaired) electrons. The van der Waals surface area contributed by atoms with Crippen LogP contribution in [-0.4, -0.2) is 45.7 Å². The third-order valence-electron chi connectivity index (χ3n) is 2.80. The molecule has 0 spiro atoms. The first-order valence-electron chi connectivity index (χ1n) is 6.11. The molecule has 7 heteroatoms. The normalized spacial score (nSPS) is 19.7. The quantitative estimate of drug-likeness (QED) is 0.793. The van der Waals surface area contributed by atoms with Gasteiger partial charge in [0.15, 0.2) is 5.16 Å². The Morgan fingerprint density at radius 2 is 2.56 bits per heavy atom. The van der Waals surface area contributed by atoms with Crippen LogP contribution in [0.3, 0.4) is 0 Å². The number of hydrogen-bond donors (Lipinski definition) is 1. The number of carbonyl (C=O) groups is 1. The van der Waals surface area contributed by atoms with E-state index < -0.39 is 0 Å². The summed E-state index contributed by atoms with van der Waals surface area (Å²) >= 11 is 1.38. The maximum absolute atomic E-state index is 11.6. The lowest BCUT2D eigenvalue weighted by molar-refractivity contribution is -0.119. The molecule has 1 amide bonds. The minimum absolute atomic E-state index is 0.0113. The zero-order valence-corrected chi connectivity index (χ0v) is 11.3. The lowest BCUT2D eigenvalue weighted by Crippen LogP contribution is -2.36. The van der Waals surface area contributed by atoms with Gasteiger partial charge in [0.2, 0.25) is 5.91 Å². The van der Waals surface area contributed by atoms with Crippen molar-refractivity contribution in [1.29, 1.82) is 0 Å². The summed E-state index contributed by atoms with van der Waals surface area (Å²) < 4.78 is 7.34. The zero-order chi connectivity index (χ0) is 12.8. The van der Waals surface area contributed by atoms with Gasteiger partial charge in [0.25, 0.3) is 0 Å². The molecule has 6 nitrogen and oxygen atoms in total. The van der Waals surface area contributed by atoms with Gasteiger partial charge < -0.3 is 14.6 Å². The van der Waals surface area contributed by atoms with Gasteiger partial charge in [-0.25, -0.2) is 0 Å². The average molecular weight is 270 g/mol. The molecular weight excluding hydrogens is 252 g/mol. The van der Waals surface area contributed by atoms with E-state index in [0.717, 1.165) is 24.6 Å². The molecular formula is C11H18N4O2S. The van der Waals surface area contributed by atoms with Crippen LogP contribution in [0.4, 0.5) is 0 Å². The van der Waals surface area contributed by atoms with E-state index in [-0.39, 0.29) is 12.0 Å². The Balaban J connectivity index is 1.64. The first-order valence-corrected chi connectivity index (χ1v) is 7.09. The number of aromatic nitrogens is 3. The van der Waals surface area contributed by atoms with E-state index in [9.17, 15) is 4.79 Å². The number of rotatable bonds is 5. The second-order valence-corrected chi connectivity index (χ2v) is 5.25. The first kappa shape index (κ1) is 13.4. The topological polar surface area (TPSA) is 69.0 Å². The van der Waals surface area contributed by atoms with Crippen LogP contribution in [-0.2, 0) is 16.6 Å². The fourth-order valence-electron chi connectivity index (χ4n) is 1.78. The van der Waals surface area contributed by atoms with Gasteiger partial charge in [-0.2, -0.15) is 0 Å². The average Bonchev–Trinajstić information content (AvgIpc) is 2.81. The van der Waals surface area contributed by atoms with E-state index in [1.54, 1.807) is 10.9 Å². The Bertz CT molecular complexity index is 390. The van der Waals surface area contributed by atoms with Crippen LogP contribution in [0, 0.1) is 0 Å². The molecule has 1 atom stereocenters. The maximum atomic E-state index is 11.6. The predicted molar refractivity (Wildman–Crippen MR) is 68.3 cm³/mol. The van der Waals surface area contributed by atoms with Gasteiger partial charge in [0.1, 0.15) is 6.33 Å². The third-order valence-corrected chi connectivity index (χ3v) is 3.84. The summed E-state index contributed by atoms with van der Waals surface area (Å²) in [6.45, 7) is 1.42. The van der Waals surface area contributed by atoms with Crippen LogP contribution in [0.5, 0.6) is 0 Å². The molecule has 100 valence electrons. The van der Waals surface area contributed by atoms with Gasteiger partial charge in [0, 0.05) is 20.2 Å². The number of nitrogens with zero attached hydrogens (tertiary/aromatic N) is 3. The number of aryl methyl sites for hydroxylation is 1. The van der Waals surface area contributed by atoms with Crippen LogP contribution in [0.2, 0.25) is 0 Å². The van der Waals surface area contributed by atoms with E-state index in [1.807, 2.05) is 7.05 Å². The van der Waals surface area contributed by atoms with Crippen molar-refractivity contribution in [2.45, 2.75) is 30.5 Å². The minimum atomic E-state index is 0.0113. The molecule has 1 N–H and O–H groups in total. The van der Waals surface area contributed by atoms with Crippen molar-refractivity contribution < 1.29 is 9.53 Å². The molecule has 0 unspecified atom stereocenters. The summed E-state index contributed by atoms with van der Waals surface area (Å²) in [6, 6.07) is 0. The van der Waals surface area contributed by atoms with Gasteiger partial charge in [-0.3, -0.25) is 4.79 Å². The van der Waals surface area contributed by atoms with Crippen molar-refractivity contribution in [2.24, 2.45) is 7.05 Å². The van der Waals surface area contributed by atoms with Crippen LogP contribution in [0.15, 0.2) is 11.5 Å². The molecule has 1 saturated heterocycles. The number of thioether (sulfide) groups is 1. The molecule has 1 aromatic rings. The number of hydrogen-bond acceptors (Lipinski definition) is 5. The standard InChI is InChI=1S/C11H18N4O2S/c1-15-8-13-14-11(15)18-7-10(16)12-6-9-4-2-3-5-17-9/h8-9H,2-7H2,1H3,(H,12,16)/t9-/m0/s1. The second kappa shape index (κ2) is 6.75. The van der Waals surface area contributed by atoms with Crippen molar-refractivity contribution in [3.8, 4) is 0 Å². The van der Waals surface area contributed by atoms with E-state index >= 15 is 0 Å². The lowest BCUT2D eigenvalue weighted by atomic mass is 10.1.